The molecule has 1 fully saturated rings. The zero-order valence-electron chi connectivity index (χ0n) is 49.6. The lowest BCUT2D eigenvalue weighted by molar-refractivity contribution is -0.154. The minimum Gasteiger partial charge on any atom is -0.481 e. The predicted octanol–water partition coefficient (Wildman–Crippen LogP) is -4.72. The smallest absolute Gasteiger partial charge is 0.331 e. The number of unbranched alkanes of at least 4 members (excludes halogenated alkanes) is 9. The number of aliphatic carboxylic acids is 1. The Bertz CT molecular complexity index is 2250. The third-order valence-electron chi connectivity index (χ3n) is 13.5. The third kappa shape index (κ3) is 29.2. The van der Waals surface area contributed by atoms with Crippen molar-refractivity contribution >= 4 is 82.6 Å². The van der Waals surface area contributed by atoms with Crippen molar-refractivity contribution in [1.82, 2.24) is 53.2 Å². The molecule has 1 aliphatic rings. The van der Waals surface area contributed by atoms with Crippen LogP contribution >= 0.6 is 11.6 Å². The Morgan fingerprint density at radius 3 is 1.67 bits per heavy atom. The van der Waals surface area contributed by atoms with Crippen molar-refractivity contribution in [2.75, 3.05) is 38.7 Å². The maximum atomic E-state index is 14.2. The number of ether oxygens (including phenoxy) is 1. The van der Waals surface area contributed by atoms with Gasteiger partial charge in [-0.15, -0.1) is 11.6 Å². The van der Waals surface area contributed by atoms with Gasteiger partial charge in [-0.2, -0.15) is 0 Å². The fourth-order valence-corrected chi connectivity index (χ4v) is 8.77. The van der Waals surface area contributed by atoms with Gasteiger partial charge in [0.2, 0.25) is 47.3 Å². The molecule has 32 heteroatoms. The molecule has 0 bridgehead atoms. The quantitative estimate of drug-likeness (QED) is 0.0139. The Morgan fingerprint density at radius 2 is 1.15 bits per heavy atom. The summed E-state index contributed by atoms with van der Waals surface area (Å²) in [5.41, 5.74) is 16.6. The monoisotopic (exact) mass is 1250 g/mol. The number of carboxylic acid groups (broad SMARTS) is 1. The van der Waals surface area contributed by atoms with E-state index in [-0.39, 0.29) is 51.9 Å². The lowest BCUT2D eigenvalue weighted by Crippen LogP contribution is -2.63. The largest absolute Gasteiger partial charge is 0.481 e. The molecule has 0 aromatic carbocycles. The van der Waals surface area contributed by atoms with Crippen LogP contribution in [0, 0.1) is 0 Å². The van der Waals surface area contributed by atoms with Crippen LogP contribution in [0.5, 0.6) is 0 Å². The summed E-state index contributed by atoms with van der Waals surface area (Å²) in [5.74, 6) is -16.4. The van der Waals surface area contributed by atoms with Gasteiger partial charge in [0.25, 0.3) is 11.8 Å². The number of aliphatic hydroxyl groups is 4. The molecule has 0 radical (unpaired) electrons. The van der Waals surface area contributed by atoms with Gasteiger partial charge in [0.15, 0.2) is 12.1 Å². The molecular formula is C54H94ClN13O18. The molecule has 1 heterocycles. The predicted molar refractivity (Wildman–Crippen MR) is 311 cm³/mol. The summed E-state index contributed by atoms with van der Waals surface area (Å²) in [5, 5.41) is 76.3. The number of allylic oxidation sites excluding steroid dienone is 1. The highest BCUT2D eigenvalue weighted by Gasteiger charge is 2.41. The number of amides is 10. The average molecular weight is 1250 g/mol. The number of hydrogen-bond donors (Lipinski definition) is 18. The SMILES string of the molecule is C/C=C1/NC(=O)[C@H]([C@H](C)O)NC(=O)[C@H](CCN)NC(=O)[C@H](CCCCN)NC(=O)[C@H](CC(=O)O)NC(=O)[C@@H](CCN)NC(=O)[C@@H](NC(=O)C[C@@H](O)CCCCCCCCCCC)COC(=O)[C@H]([C@H](O)CCl)NC(=O)[C@H](C(O)C(=O)NCCC)NC1=O. The summed E-state index contributed by atoms with van der Waals surface area (Å²) >= 11 is 5.94. The summed E-state index contributed by atoms with van der Waals surface area (Å²) in [6.45, 7) is 4.38. The van der Waals surface area contributed by atoms with E-state index in [9.17, 15) is 83.1 Å². The van der Waals surface area contributed by atoms with E-state index in [0.29, 0.717) is 19.3 Å². The number of cyclic esters (lactones) is 1. The van der Waals surface area contributed by atoms with E-state index in [4.69, 9.17) is 33.5 Å². The third-order valence-corrected chi connectivity index (χ3v) is 13.8. The van der Waals surface area contributed by atoms with Crippen molar-refractivity contribution in [2.45, 2.75) is 216 Å². The molecule has 10 amide bonds. The Kier molecular flexibility index (Phi) is 38.8. The highest BCUT2D eigenvalue weighted by atomic mass is 35.5. The van der Waals surface area contributed by atoms with Gasteiger partial charge in [0, 0.05) is 6.54 Å². The Hall–Kier alpha value is -6.61. The van der Waals surface area contributed by atoms with E-state index < -0.39 is 181 Å². The molecule has 21 N–H and O–H groups in total. The minimum atomic E-state index is -2.48. The molecule has 1 rings (SSSR count). The summed E-state index contributed by atoms with van der Waals surface area (Å²) in [7, 11) is 0. The van der Waals surface area contributed by atoms with Gasteiger partial charge in [-0.1, -0.05) is 77.7 Å². The van der Waals surface area contributed by atoms with E-state index in [2.05, 4.69) is 54.8 Å². The van der Waals surface area contributed by atoms with E-state index in [0.717, 1.165) is 64.4 Å². The molecule has 1 unspecified atom stereocenters. The van der Waals surface area contributed by atoms with Crippen LogP contribution in [-0.4, -0.2) is 208 Å². The average Bonchev–Trinajstić information content (AvgIpc) is 3.61. The first-order chi connectivity index (χ1) is 40.8. The molecule has 1 aliphatic heterocycles. The van der Waals surface area contributed by atoms with Crippen molar-refractivity contribution < 1.29 is 87.8 Å². The van der Waals surface area contributed by atoms with Gasteiger partial charge in [-0.3, -0.25) is 52.7 Å². The molecule has 0 spiro atoms. The topological polar surface area (TPSA) is 514 Å². The number of carbonyl (C=O) groups is 12. The molecule has 490 valence electrons. The Morgan fingerprint density at radius 1 is 0.628 bits per heavy atom. The van der Waals surface area contributed by atoms with Gasteiger partial charge in [-0.25, -0.2) is 4.79 Å². The molecule has 86 heavy (non-hydrogen) atoms. The molecule has 31 nitrogen and oxygen atoms in total. The van der Waals surface area contributed by atoms with Gasteiger partial charge in [0.1, 0.15) is 54.6 Å². The second kappa shape index (κ2) is 43.1. The Balaban J connectivity index is 4.08. The van der Waals surface area contributed by atoms with E-state index in [1.54, 1.807) is 6.92 Å². The van der Waals surface area contributed by atoms with Crippen LogP contribution < -0.4 is 70.4 Å². The van der Waals surface area contributed by atoms with Gasteiger partial charge in [-0.05, 0) is 78.4 Å². The number of halogens is 1. The van der Waals surface area contributed by atoms with E-state index in [1.807, 2.05) is 5.32 Å². The number of rotatable bonds is 30. The lowest BCUT2D eigenvalue weighted by Gasteiger charge is -2.29. The molecule has 0 aromatic heterocycles. The summed E-state index contributed by atoms with van der Waals surface area (Å²) in [6.07, 6.45) is 0.634. The number of hydrogen-bond acceptors (Lipinski definition) is 20. The van der Waals surface area contributed by atoms with Crippen molar-refractivity contribution in [3.05, 3.63) is 11.8 Å². The van der Waals surface area contributed by atoms with Gasteiger partial charge < -0.3 is 101 Å². The summed E-state index contributed by atoms with van der Waals surface area (Å²) < 4.78 is 5.36. The van der Waals surface area contributed by atoms with Crippen LogP contribution in [0.2, 0.25) is 0 Å². The second-order valence-electron chi connectivity index (χ2n) is 20.8. The molecule has 0 aliphatic carbocycles. The van der Waals surface area contributed by atoms with Crippen LogP contribution in [0.3, 0.4) is 0 Å². The fraction of sp³-hybridized carbons (Fsp3) is 0.741. The number of alkyl halides is 1. The molecule has 12 atom stereocenters. The van der Waals surface area contributed by atoms with Crippen LogP contribution in [0.4, 0.5) is 0 Å². The van der Waals surface area contributed by atoms with Crippen molar-refractivity contribution in [3.8, 4) is 0 Å². The highest BCUT2D eigenvalue weighted by molar-refractivity contribution is 6.18. The van der Waals surface area contributed by atoms with Crippen LogP contribution in [0.25, 0.3) is 0 Å². The standard InChI is InChI=1S/C54H94ClN13O18/c1-5-8-9-10-11-12-13-14-15-18-31(70)26-39(72)60-37-29-86-54(85)42(38(71)28-55)67-52(83)43(44(75)53(84)59-25-6-2)68-45(76)32(7-3)61-51(82)41(30(4)69)66-48(79)35(21-24-58)63-46(77)33(19-16-17-22-56)62-49(80)36(27-40(73)74)65-47(78)34(20-23-57)64-50(37)81/h7,30-31,33-38,41-44,69-71,75H,5-6,8-29,56-58H2,1-4H3,(H,59,84)(H,60,72)(H,61,82)(H,62,80)(H,63,77)(H,64,81)(H,65,78)(H,66,79)(H,67,83)(H,68,76)(H,73,74)/b32-7+/t30-,31-,33-,34+,35-,36-,37-,38+,41-,42-,43-,44?/m0/s1. The van der Waals surface area contributed by atoms with Crippen molar-refractivity contribution in [1.29, 1.82) is 0 Å². The van der Waals surface area contributed by atoms with Crippen molar-refractivity contribution in [3.63, 3.8) is 0 Å². The highest BCUT2D eigenvalue weighted by Crippen LogP contribution is 2.14. The van der Waals surface area contributed by atoms with E-state index >= 15 is 0 Å². The first-order valence-electron chi connectivity index (χ1n) is 29.3. The summed E-state index contributed by atoms with van der Waals surface area (Å²) in [6, 6.07) is -15.5. The first kappa shape index (κ1) is 77.4. The zero-order valence-corrected chi connectivity index (χ0v) is 50.4. The summed E-state index contributed by atoms with van der Waals surface area (Å²) in [4.78, 5) is 165. The van der Waals surface area contributed by atoms with E-state index in [1.165, 1.54) is 6.92 Å². The normalized spacial score (nSPS) is 24.0. The number of carbonyl (C=O) groups excluding carboxylic acids is 11. The maximum absolute atomic E-state index is 14.2. The van der Waals surface area contributed by atoms with Crippen molar-refractivity contribution in [2.24, 2.45) is 17.2 Å². The number of nitrogens with one attached hydrogen (secondary N) is 10. The second-order valence-corrected chi connectivity index (χ2v) is 21.1. The number of aliphatic hydroxyl groups excluding tert-OH is 4. The number of nitrogens with two attached hydrogens (primary N) is 3. The molecule has 0 aromatic rings. The van der Waals surface area contributed by atoms with Crippen LogP contribution in [0.15, 0.2) is 11.8 Å². The Labute approximate surface area is 505 Å². The van der Waals surface area contributed by atoms with Gasteiger partial charge in [0.05, 0.1) is 37.0 Å². The fourth-order valence-electron chi connectivity index (χ4n) is 8.59. The molecule has 1 saturated heterocycles. The minimum absolute atomic E-state index is 0.0467. The zero-order chi connectivity index (χ0) is 64.9. The molecular weight excluding hydrogens is 1150 g/mol. The number of esters is 1. The molecule has 0 saturated carbocycles. The van der Waals surface area contributed by atoms with Gasteiger partial charge >= 0.3 is 11.9 Å². The van der Waals surface area contributed by atoms with Crippen LogP contribution in [0.1, 0.15) is 143 Å². The lowest BCUT2D eigenvalue weighted by atomic mass is 10.0. The first-order valence-corrected chi connectivity index (χ1v) is 29.8. The van der Waals surface area contributed by atoms with Crippen LogP contribution in [-0.2, 0) is 62.3 Å². The maximum Gasteiger partial charge on any atom is 0.331 e. The number of carboxylic acids is 1.